The summed E-state index contributed by atoms with van der Waals surface area (Å²) in [5, 5.41) is 7.73. The summed E-state index contributed by atoms with van der Waals surface area (Å²) in [5.41, 5.74) is 0.684. The number of amides is 1. The summed E-state index contributed by atoms with van der Waals surface area (Å²) in [5.74, 6) is 0.929. The van der Waals surface area contributed by atoms with Gasteiger partial charge in [0.25, 0.3) is 0 Å². The molecule has 2 saturated heterocycles. The number of likely N-dealkylation sites (tertiary alicyclic amines) is 1. The first-order valence-electron chi connectivity index (χ1n) is 8.00. The van der Waals surface area contributed by atoms with Gasteiger partial charge in [0.05, 0.1) is 17.7 Å². The van der Waals surface area contributed by atoms with Crippen molar-refractivity contribution in [3.05, 3.63) is 12.5 Å². The molecule has 0 spiro atoms. The van der Waals surface area contributed by atoms with Crippen LogP contribution >= 0.6 is 0 Å². The molecule has 23 heavy (non-hydrogen) atoms. The number of nitrogens with one attached hydrogen (secondary N) is 1. The van der Waals surface area contributed by atoms with Gasteiger partial charge in [0.2, 0.25) is 5.91 Å². The summed E-state index contributed by atoms with van der Waals surface area (Å²) in [4.78, 5) is 25.5. The molecule has 2 aromatic rings. The minimum absolute atomic E-state index is 0.0310. The normalized spacial score (nSPS) is 24.7. The molecule has 8 nitrogen and oxygen atoms in total. The van der Waals surface area contributed by atoms with Crippen LogP contribution in [0.1, 0.15) is 19.3 Å². The van der Waals surface area contributed by atoms with Crippen molar-refractivity contribution in [1.82, 2.24) is 25.1 Å². The van der Waals surface area contributed by atoms with E-state index in [0.29, 0.717) is 18.6 Å². The molecule has 0 saturated carbocycles. The van der Waals surface area contributed by atoms with Gasteiger partial charge in [0.15, 0.2) is 5.65 Å². The van der Waals surface area contributed by atoms with E-state index in [2.05, 4.69) is 20.2 Å². The van der Waals surface area contributed by atoms with Crippen molar-refractivity contribution in [3.8, 4) is 0 Å². The third kappa shape index (κ3) is 2.42. The predicted molar refractivity (Wildman–Crippen MR) is 84.0 cm³/mol. The third-order valence-electron chi connectivity index (χ3n) is 4.80. The lowest BCUT2D eigenvalue weighted by molar-refractivity contribution is -0.131. The van der Waals surface area contributed by atoms with Gasteiger partial charge in [-0.25, -0.2) is 9.97 Å². The lowest BCUT2D eigenvalue weighted by Gasteiger charge is -2.28. The number of carbonyl (C=O) groups excluding carboxylic acids is 1. The van der Waals surface area contributed by atoms with Crippen molar-refractivity contribution in [2.75, 3.05) is 31.6 Å². The van der Waals surface area contributed by atoms with Crippen molar-refractivity contribution in [2.24, 2.45) is 0 Å². The average molecular weight is 316 g/mol. The number of ether oxygens (including phenoxy) is 1. The smallest absolute Gasteiger partial charge is 0.245 e. The maximum Gasteiger partial charge on any atom is 0.245 e. The van der Waals surface area contributed by atoms with Crippen molar-refractivity contribution < 1.29 is 9.53 Å². The van der Waals surface area contributed by atoms with Crippen LogP contribution in [-0.4, -0.2) is 69.9 Å². The van der Waals surface area contributed by atoms with Crippen molar-refractivity contribution >= 4 is 22.8 Å². The first-order chi connectivity index (χ1) is 11.3. The van der Waals surface area contributed by atoms with Crippen LogP contribution in [-0.2, 0) is 9.53 Å². The van der Waals surface area contributed by atoms with E-state index >= 15 is 0 Å². The zero-order valence-corrected chi connectivity index (χ0v) is 13.1. The van der Waals surface area contributed by atoms with Gasteiger partial charge in [-0.15, -0.1) is 0 Å². The fourth-order valence-corrected chi connectivity index (χ4v) is 3.57. The van der Waals surface area contributed by atoms with E-state index in [1.54, 1.807) is 13.3 Å². The van der Waals surface area contributed by atoms with E-state index in [9.17, 15) is 4.79 Å². The minimum Gasteiger partial charge on any atom is -0.380 e. The van der Waals surface area contributed by atoms with E-state index in [-0.39, 0.29) is 18.1 Å². The van der Waals surface area contributed by atoms with Crippen LogP contribution in [0.4, 0.5) is 5.82 Å². The zero-order valence-electron chi connectivity index (χ0n) is 13.1. The Kier molecular flexibility index (Phi) is 3.60. The molecule has 8 heteroatoms. The summed E-state index contributed by atoms with van der Waals surface area (Å²) in [6, 6.07) is -0.231. The monoisotopic (exact) mass is 316 g/mol. The highest BCUT2D eigenvalue weighted by Crippen LogP contribution is 2.31. The second kappa shape index (κ2) is 5.77. The van der Waals surface area contributed by atoms with Crippen LogP contribution in [0.2, 0.25) is 0 Å². The fraction of sp³-hybridized carbons (Fsp3) is 0.600. The molecule has 4 rings (SSSR count). The molecular weight excluding hydrogens is 296 g/mol. The maximum absolute atomic E-state index is 12.9. The summed E-state index contributed by atoms with van der Waals surface area (Å²) < 4.78 is 5.52. The van der Waals surface area contributed by atoms with E-state index in [4.69, 9.17) is 4.74 Å². The summed E-state index contributed by atoms with van der Waals surface area (Å²) in [6.07, 6.45) is 6.12. The molecule has 2 aromatic heterocycles. The lowest BCUT2D eigenvalue weighted by Crippen LogP contribution is -2.45. The van der Waals surface area contributed by atoms with Crippen LogP contribution in [0, 0.1) is 0 Å². The lowest BCUT2D eigenvalue weighted by atomic mass is 10.1. The first-order valence-corrected chi connectivity index (χ1v) is 8.00. The third-order valence-corrected chi connectivity index (χ3v) is 4.80. The van der Waals surface area contributed by atoms with Crippen molar-refractivity contribution in [2.45, 2.75) is 31.4 Å². The number of aromatic amines is 1. The number of methoxy groups -OCH3 is 1. The van der Waals surface area contributed by atoms with Crippen LogP contribution in [0.3, 0.4) is 0 Å². The van der Waals surface area contributed by atoms with E-state index < -0.39 is 0 Å². The maximum atomic E-state index is 12.9. The summed E-state index contributed by atoms with van der Waals surface area (Å²) in [6.45, 7) is 2.36. The number of H-pyrrole nitrogens is 1. The number of nitrogens with zero attached hydrogens (tertiary/aromatic N) is 5. The fourth-order valence-electron chi connectivity index (χ4n) is 3.57. The number of fused-ring (bicyclic) bond motifs is 1. The number of rotatable bonds is 3. The van der Waals surface area contributed by atoms with Gasteiger partial charge in [0, 0.05) is 33.2 Å². The Morgan fingerprint density at radius 1 is 1.35 bits per heavy atom. The zero-order chi connectivity index (χ0) is 15.8. The van der Waals surface area contributed by atoms with Gasteiger partial charge in [0.1, 0.15) is 18.2 Å². The minimum atomic E-state index is -0.231. The Bertz CT molecular complexity index is 711. The predicted octanol–water partition coefficient (Wildman–Crippen LogP) is 0.569. The Morgan fingerprint density at radius 3 is 2.96 bits per heavy atom. The molecule has 0 aromatic carbocycles. The highest BCUT2D eigenvalue weighted by atomic mass is 16.5. The molecule has 2 aliphatic heterocycles. The van der Waals surface area contributed by atoms with Gasteiger partial charge in [-0.2, -0.15) is 5.10 Å². The highest BCUT2D eigenvalue weighted by Gasteiger charge is 2.40. The largest absolute Gasteiger partial charge is 0.380 e. The molecule has 0 bridgehead atoms. The van der Waals surface area contributed by atoms with Gasteiger partial charge >= 0.3 is 0 Å². The first kappa shape index (κ1) is 14.4. The number of hydrogen-bond acceptors (Lipinski definition) is 6. The number of anilines is 1. The Hall–Kier alpha value is -2.22. The molecule has 4 heterocycles. The SMILES string of the molecule is CO[C@H]1C[C@@H](C(=O)N2CCCC2)N(c2ncnc3[nH]ncc23)C1. The Balaban J connectivity index is 1.69. The molecule has 2 atom stereocenters. The number of aromatic nitrogens is 4. The molecule has 2 fully saturated rings. The molecule has 2 aliphatic rings. The molecule has 122 valence electrons. The highest BCUT2D eigenvalue weighted by molar-refractivity contribution is 5.91. The van der Waals surface area contributed by atoms with Gasteiger partial charge in [-0.05, 0) is 12.8 Å². The van der Waals surface area contributed by atoms with Crippen LogP contribution < -0.4 is 4.90 Å². The summed E-state index contributed by atoms with van der Waals surface area (Å²) in [7, 11) is 1.69. The number of hydrogen-bond donors (Lipinski definition) is 1. The molecule has 1 amide bonds. The van der Waals surface area contributed by atoms with E-state index in [1.807, 2.05) is 9.80 Å². The molecule has 0 unspecified atom stereocenters. The molecule has 1 N–H and O–H groups in total. The number of carbonyl (C=O) groups is 1. The molecule has 0 aliphatic carbocycles. The van der Waals surface area contributed by atoms with E-state index in [1.165, 1.54) is 6.33 Å². The summed E-state index contributed by atoms with van der Waals surface area (Å²) >= 11 is 0. The molecular formula is C15H20N6O2. The van der Waals surface area contributed by atoms with Crippen molar-refractivity contribution in [1.29, 1.82) is 0 Å². The second-order valence-corrected chi connectivity index (χ2v) is 6.12. The second-order valence-electron chi connectivity index (χ2n) is 6.12. The van der Waals surface area contributed by atoms with Crippen LogP contribution in [0.15, 0.2) is 12.5 Å². The standard InChI is InChI=1S/C15H20N6O2/c1-23-10-6-12(15(22)20-4-2-3-5-20)21(8-10)14-11-7-18-19-13(11)16-9-17-14/h7,9-10,12H,2-6,8H2,1H3,(H,16,17,18,19)/t10-,12-/m0/s1. The average Bonchev–Trinajstić information content (AvgIpc) is 3.32. The van der Waals surface area contributed by atoms with Gasteiger partial charge in [-0.3, -0.25) is 9.89 Å². The quantitative estimate of drug-likeness (QED) is 0.891. The van der Waals surface area contributed by atoms with Crippen LogP contribution in [0.25, 0.3) is 11.0 Å². The topological polar surface area (TPSA) is 87.2 Å². The Morgan fingerprint density at radius 2 is 2.17 bits per heavy atom. The Labute approximate surface area is 133 Å². The van der Waals surface area contributed by atoms with Crippen molar-refractivity contribution in [3.63, 3.8) is 0 Å². The van der Waals surface area contributed by atoms with Gasteiger partial charge < -0.3 is 14.5 Å². The molecule has 0 radical (unpaired) electrons. The van der Waals surface area contributed by atoms with Crippen LogP contribution in [0.5, 0.6) is 0 Å². The van der Waals surface area contributed by atoms with E-state index in [0.717, 1.165) is 37.1 Å². The van der Waals surface area contributed by atoms with Gasteiger partial charge in [-0.1, -0.05) is 0 Å².